The highest BCUT2D eigenvalue weighted by atomic mass is 16.4. The van der Waals surface area contributed by atoms with E-state index >= 15 is 0 Å². The third-order valence-corrected chi connectivity index (χ3v) is 2.46. The Labute approximate surface area is 84.6 Å². The fourth-order valence-corrected chi connectivity index (χ4v) is 1.25. The lowest BCUT2D eigenvalue weighted by Crippen LogP contribution is -1.96. The van der Waals surface area contributed by atoms with Crippen molar-refractivity contribution in [1.82, 2.24) is 0 Å². The van der Waals surface area contributed by atoms with Crippen molar-refractivity contribution in [2.75, 3.05) is 0 Å². The summed E-state index contributed by atoms with van der Waals surface area (Å²) in [5, 5.41) is 11.8. The van der Waals surface area contributed by atoms with Crippen LogP contribution in [0.15, 0.2) is 41.1 Å². The van der Waals surface area contributed by atoms with Gasteiger partial charge in [0.05, 0.1) is 5.71 Å². The zero-order valence-electron chi connectivity index (χ0n) is 8.78. The number of benzene rings is 1. The monoisotopic (exact) mass is 189 g/mol. The van der Waals surface area contributed by atoms with E-state index in [2.05, 4.69) is 5.16 Å². The first-order valence-corrected chi connectivity index (χ1v) is 4.58. The summed E-state index contributed by atoms with van der Waals surface area (Å²) < 4.78 is 0. The Kier molecular flexibility index (Phi) is 3.46. The molecule has 2 nitrogen and oxygen atoms in total. The van der Waals surface area contributed by atoms with Gasteiger partial charge < -0.3 is 5.21 Å². The van der Waals surface area contributed by atoms with Crippen molar-refractivity contribution >= 4 is 11.3 Å². The maximum atomic E-state index is 8.65. The molecule has 14 heavy (non-hydrogen) atoms. The van der Waals surface area contributed by atoms with Crippen LogP contribution in [0.1, 0.15) is 26.3 Å². The maximum absolute atomic E-state index is 8.65. The van der Waals surface area contributed by atoms with Gasteiger partial charge in [-0.3, -0.25) is 0 Å². The van der Waals surface area contributed by atoms with E-state index in [0.717, 1.165) is 16.7 Å². The molecule has 0 aliphatic carbocycles. The van der Waals surface area contributed by atoms with Crippen LogP contribution in [0, 0.1) is 0 Å². The van der Waals surface area contributed by atoms with Crippen LogP contribution in [-0.2, 0) is 0 Å². The Bertz CT molecular complexity index is 363. The third-order valence-electron chi connectivity index (χ3n) is 2.46. The highest BCUT2D eigenvalue weighted by molar-refractivity contribution is 6.03. The molecular formula is C12H15NO. The molecule has 0 heterocycles. The lowest BCUT2D eigenvalue weighted by Gasteiger charge is -2.06. The van der Waals surface area contributed by atoms with E-state index in [1.54, 1.807) is 6.92 Å². The van der Waals surface area contributed by atoms with Crippen LogP contribution in [0.5, 0.6) is 0 Å². The molecule has 0 radical (unpaired) electrons. The van der Waals surface area contributed by atoms with E-state index in [1.165, 1.54) is 0 Å². The molecule has 0 bridgehead atoms. The molecule has 1 aromatic carbocycles. The van der Waals surface area contributed by atoms with Crippen molar-refractivity contribution in [1.29, 1.82) is 0 Å². The quantitative estimate of drug-likeness (QED) is 0.432. The SMILES string of the molecule is CC(=N\O)/C(C)=C(\C)c1ccccc1. The Morgan fingerprint density at radius 3 is 2.14 bits per heavy atom. The average molecular weight is 189 g/mol. The first-order valence-electron chi connectivity index (χ1n) is 4.58. The van der Waals surface area contributed by atoms with E-state index in [9.17, 15) is 0 Å². The topological polar surface area (TPSA) is 32.6 Å². The van der Waals surface area contributed by atoms with Crippen molar-refractivity contribution in [2.45, 2.75) is 20.8 Å². The molecule has 2 heteroatoms. The summed E-state index contributed by atoms with van der Waals surface area (Å²) in [4.78, 5) is 0. The second kappa shape index (κ2) is 4.61. The molecule has 1 rings (SSSR count). The Morgan fingerprint density at radius 2 is 1.64 bits per heavy atom. The van der Waals surface area contributed by atoms with Crippen molar-refractivity contribution < 1.29 is 5.21 Å². The highest BCUT2D eigenvalue weighted by Gasteiger charge is 2.02. The lowest BCUT2D eigenvalue weighted by atomic mass is 10.0. The van der Waals surface area contributed by atoms with Crippen LogP contribution in [0.25, 0.3) is 5.57 Å². The minimum Gasteiger partial charge on any atom is -0.411 e. The van der Waals surface area contributed by atoms with Gasteiger partial charge in [0.15, 0.2) is 0 Å². The van der Waals surface area contributed by atoms with E-state index < -0.39 is 0 Å². The highest BCUT2D eigenvalue weighted by Crippen LogP contribution is 2.18. The zero-order valence-corrected chi connectivity index (χ0v) is 8.78. The molecule has 0 aromatic heterocycles. The fraction of sp³-hybridized carbons (Fsp3) is 0.250. The zero-order chi connectivity index (χ0) is 10.6. The van der Waals surface area contributed by atoms with E-state index in [-0.39, 0.29) is 0 Å². The Balaban J connectivity index is 3.12. The molecule has 1 N–H and O–H groups in total. The van der Waals surface area contributed by atoms with Gasteiger partial charge in [-0.05, 0) is 37.5 Å². The van der Waals surface area contributed by atoms with Crippen molar-refractivity contribution in [3.8, 4) is 0 Å². The van der Waals surface area contributed by atoms with Gasteiger partial charge in [-0.15, -0.1) is 0 Å². The molecule has 0 unspecified atom stereocenters. The number of allylic oxidation sites excluding steroid dienone is 2. The molecular weight excluding hydrogens is 174 g/mol. The van der Waals surface area contributed by atoms with Crippen molar-refractivity contribution in [3.63, 3.8) is 0 Å². The van der Waals surface area contributed by atoms with Crippen LogP contribution in [0.4, 0.5) is 0 Å². The van der Waals surface area contributed by atoms with E-state index in [0.29, 0.717) is 5.71 Å². The number of oxime groups is 1. The molecule has 74 valence electrons. The van der Waals surface area contributed by atoms with Gasteiger partial charge in [0, 0.05) is 0 Å². The standard InChI is InChI=1S/C12H15NO/c1-9(11(3)13-14)10(2)12-7-5-4-6-8-12/h4-8,14H,1-3H3/b10-9+,13-11+. The van der Waals surface area contributed by atoms with Gasteiger partial charge in [-0.2, -0.15) is 0 Å². The normalized spacial score (nSPS) is 13.8. The van der Waals surface area contributed by atoms with Crippen LogP contribution < -0.4 is 0 Å². The van der Waals surface area contributed by atoms with Crippen molar-refractivity contribution in [3.05, 3.63) is 41.5 Å². The predicted molar refractivity (Wildman–Crippen MR) is 59.6 cm³/mol. The number of hydrogen-bond donors (Lipinski definition) is 1. The molecule has 0 saturated carbocycles. The molecule has 0 amide bonds. The van der Waals surface area contributed by atoms with Gasteiger partial charge >= 0.3 is 0 Å². The summed E-state index contributed by atoms with van der Waals surface area (Å²) in [6.07, 6.45) is 0. The molecule has 0 atom stereocenters. The average Bonchev–Trinajstić information content (AvgIpc) is 2.27. The maximum Gasteiger partial charge on any atom is 0.0796 e. The number of nitrogens with zero attached hydrogens (tertiary/aromatic N) is 1. The Hall–Kier alpha value is -1.57. The molecule has 0 aliphatic rings. The minimum absolute atomic E-state index is 0.659. The van der Waals surface area contributed by atoms with Gasteiger partial charge in [0.2, 0.25) is 0 Å². The third kappa shape index (κ3) is 2.22. The molecule has 1 aromatic rings. The summed E-state index contributed by atoms with van der Waals surface area (Å²) >= 11 is 0. The first-order chi connectivity index (χ1) is 6.66. The second-order valence-corrected chi connectivity index (χ2v) is 3.30. The summed E-state index contributed by atoms with van der Waals surface area (Å²) in [5.74, 6) is 0. The molecule has 0 spiro atoms. The Morgan fingerprint density at radius 1 is 1.07 bits per heavy atom. The fourth-order valence-electron chi connectivity index (χ4n) is 1.25. The van der Waals surface area contributed by atoms with Crippen LogP contribution in [0.3, 0.4) is 0 Å². The first kappa shape index (κ1) is 10.5. The summed E-state index contributed by atoms with van der Waals surface area (Å²) in [5.41, 5.74) is 3.97. The number of hydrogen-bond acceptors (Lipinski definition) is 2. The van der Waals surface area contributed by atoms with Gasteiger partial charge in [-0.25, -0.2) is 0 Å². The largest absolute Gasteiger partial charge is 0.411 e. The smallest absolute Gasteiger partial charge is 0.0796 e. The van der Waals surface area contributed by atoms with Crippen molar-refractivity contribution in [2.24, 2.45) is 5.16 Å². The predicted octanol–water partition coefficient (Wildman–Crippen LogP) is 3.33. The van der Waals surface area contributed by atoms with Gasteiger partial charge in [0.1, 0.15) is 0 Å². The molecule has 0 fully saturated rings. The van der Waals surface area contributed by atoms with Crippen LogP contribution in [0.2, 0.25) is 0 Å². The number of rotatable bonds is 2. The van der Waals surface area contributed by atoms with Gasteiger partial charge in [-0.1, -0.05) is 35.5 Å². The summed E-state index contributed by atoms with van der Waals surface area (Å²) in [6.45, 7) is 5.78. The summed E-state index contributed by atoms with van der Waals surface area (Å²) in [7, 11) is 0. The summed E-state index contributed by atoms with van der Waals surface area (Å²) in [6, 6.07) is 10.1. The molecule has 0 aliphatic heterocycles. The van der Waals surface area contributed by atoms with Gasteiger partial charge in [0.25, 0.3) is 0 Å². The van der Waals surface area contributed by atoms with E-state index in [4.69, 9.17) is 5.21 Å². The van der Waals surface area contributed by atoms with E-state index in [1.807, 2.05) is 44.2 Å². The second-order valence-electron chi connectivity index (χ2n) is 3.30. The van der Waals surface area contributed by atoms with Crippen LogP contribution in [-0.4, -0.2) is 10.9 Å². The lowest BCUT2D eigenvalue weighted by molar-refractivity contribution is 0.319. The minimum atomic E-state index is 0.659. The molecule has 0 saturated heterocycles. The van der Waals surface area contributed by atoms with Crippen LogP contribution >= 0.6 is 0 Å².